The first-order chi connectivity index (χ1) is 11.3. The van der Waals surface area contributed by atoms with Gasteiger partial charge in [0.1, 0.15) is 11.2 Å². The molecule has 24 heavy (non-hydrogen) atoms. The molecule has 1 N–H and O–H groups in total. The van der Waals surface area contributed by atoms with E-state index in [1.807, 2.05) is 0 Å². The van der Waals surface area contributed by atoms with E-state index in [-0.39, 0.29) is 24.0 Å². The van der Waals surface area contributed by atoms with Crippen molar-refractivity contribution in [1.82, 2.24) is 4.98 Å². The maximum Gasteiger partial charge on any atom is 0.416 e. The van der Waals surface area contributed by atoms with Gasteiger partial charge >= 0.3 is 12.1 Å². The SMILES string of the molecule is CCOC(=O)CC1C(=O)Nc2ccc(Cl)nc2N1C(=O)OC(C)C. The van der Waals surface area contributed by atoms with Crippen LogP contribution in [0.3, 0.4) is 0 Å². The number of fused-ring (bicyclic) bond motifs is 1. The Labute approximate surface area is 144 Å². The van der Waals surface area contributed by atoms with Gasteiger partial charge in [-0.25, -0.2) is 14.7 Å². The summed E-state index contributed by atoms with van der Waals surface area (Å²) in [6.07, 6.45) is -1.51. The highest BCUT2D eigenvalue weighted by Gasteiger charge is 2.41. The van der Waals surface area contributed by atoms with E-state index in [1.54, 1.807) is 20.8 Å². The summed E-state index contributed by atoms with van der Waals surface area (Å²) in [5.41, 5.74) is 0.310. The number of esters is 1. The minimum atomic E-state index is -1.13. The molecule has 2 amide bonds. The fourth-order valence-electron chi connectivity index (χ4n) is 2.22. The van der Waals surface area contributed by atoms with Crippen LogP contribution in [0.5, 0.6) is 0 Å². The van der Waals surface area contributed by atoms with Crippen LogP contribution in [0, 0.1) is 0 Å². The predicted octanol–water partition coefficient (Wildman–Crippen LogP) is 2.36. The minimum Gasteiger partial charge on any atom is -0.466 e. The summed E-state index contributed by atoms with van der Waals surface area (Å²) >= 11 is 5.90. The summed E-state index contributed by atoms with van der Waals surface area (Å²) in [5.74, 6) is -1.01. The van der Waals surface area contributed by atoms with E-state index in [4.69, 9.17) is 21.1 Å². The Balaban J connectivity index is 2.42. The van der Waals surface area contributed by atoms with Crippen molar-refractivity contribution >= 4 is 41.1 Å². The maximum absolute atomic E-state index is 12.5. The van der Waals surface area contributed by atoms with E-state index in [9.17, 15) is 14.4 Å². The van der Waals surface area contributed by atoms with Crippen LogP contribution in [0.25, 0.3) is 0 Å². The number of aromatic nitrogens is 1. The Kier molecular flexibility index (Phi) is 5.61. The molecule has 0 saturated heterocycles. The monoisotopic (exact) mass is 355 g/mol. The highest BCUT2D eigenvalue weighted by atomic mass is 35.5. The van der Waals surface area contributed by atoms with Gasteiger partial charge in [-0.3, -0.25) is 9.59 Å². The number of carbonyl (C=O) groups excluding carboxylic acids is 3. The molecule has 0 radical (unpaired) electrons. The Morgan fingerprint density at radius 1 is 1.42 bits per heavy atom. The van der Waals surface area contributed by atoms with Crippen LogP contribution in [0.1, 0.15) is 27.2 Å². The van der Waals surface area contributed by atoms with Gasteiger partial charge in [0, 0.05) is 0 Å². The second-order valence-electron chi connectivity index (χ2n) is 5.32. The molecule has 0 aliphatic carbocycles. The van der Waals surface area contributed by atoms with Gasteiger partial charge < -0.3 is 14.8 Å². The number of hydrogen-bond acceptors (Lipinski definition) is 6. The van der Waals surface area contributed by atoms with E-state index in [1.165, 1.54) is 12.1 Å². The predicted molar refractivity (Wildman–Crippen MR) is 87.0 cm³/mol. The zero-order valence-electron chi connectivity index (χ0n) is 13.5. The first-order valence-corrected chi connectivity index (χ1v) is 7.84. The maximum atomic E-state index is 12.5. The molecule has 1 aliphatic heterocycles. The highest BCUT2D eigenvalue weighted by Crippen LogP contribution is 2.33. The molecule has 1 unspecified atom stereocenters. The van der Waals surface area contributed by atoms with E-state index >= 15 is 0 Å². The number of ether oxygens (including phenoxy) is 2. The van der Waals surface area contributed by atoms with Crippen LogP contribution < -0.4 is 10.2 Å². The Hall–Kier alpha value is -2.35. The second-order valence-corrected chi connectivity index (χ2v) is 5.71. The first-order valence-electron chi connectivity index (χ1n) is 7.46. The zero-order valence-corrected chi connectivity index (χ0v) is 14.3. The molecule has 8 nitrogen and oxygen atoms in total. The minimum absolute atomic E-state index is 0.127. The topological polar surface area (TPSA) is 97.8 Å². The number of hydrogen-bond donors (Lipinski definition) is 1. The van der Waals surface area contributed by atoms with Crippen molar-refractivity contribution in [2.75, 3.05) is 16.8 Å². The van der Waals surface area contributed by atoms with Gasteiger partial charge in [-0.15, -0.1) is 0 Å². The van der Waals surface area contributed by atoms with Crippen molar-refractivity contribution in [3.63, 3.8) is 0 Å². The normalized spacial score (nSPS) is 16.5. The molecule has 1 aromatic rings. The fourth-order valence-corrected chi connectivity index (χ4v) is 2.36. The third-order valence-electron chi connectivity index (χ3n) is 3.14. The average molecular weight is 356 g/mol. The van der Waals surface area contributed by atoms with Crippen molar-refractivity contribution < 1.29 is 23.9 Å². The Morgan fingerprint density at radius 2 is 2.12 bits per heavy atom. The molecule has 1 atom stereocenters. The second kappa shape index (κ2) is 7.48. The number of nitrogens with zero attached hydrogens (tertiary/aromatic N) is 2. The van der Waals surface area contributed by atoms with E-state index in [0.717, 1.165) is 4.90 Å². The number of amides is 2. The molecule has 0 spiro atoms. The van der Waals surface area contributed by atoms with Gasteiger partial charge in [0.05, 0.1) is 24.8 Å². The molecule has 0 aromatic carbocycles. The fraction of sp³-hybridized carbons (Fsp3) is 0.467. The summed E-state index contributed by atoms with van der Waals surface area (Å²) in [5, 5.41) is 2.75. The molecule has 9 heteroatoms. The standard InChI is InChI=1S/C15H18ClN3O5/c1-4-23-12(20)7-10-14(21)17-9-5-6-11(16)18-13(9)19(10)15(22)24-8(2)3/h5-6,8,10H,4,7H2,1-3H3,(H,17,21). The van der Waals surface area contributed by atoms with Crippen LogP contribution in [0.15, 0.2) is 12.1 Å². The van der Waals surface area contributed by atoms with Crippen molar-refractivity contribution in [2.24, 2.45) is 0 Å². The lowest BCUT2D eigenvalue weighted by Crippen LogP contribution is -2.53. The summed E-state index contributed by atoms with van der Waals surface area (Å²) in [6, 6.07) is 1.88. The van der Waals surface area contributed by atoms with Crippen LogP contribution in [0.4, 0.5) is 16.3 Å². The highest BCUT2D eigenvalue weighted by molar-refractivity contribution is 6.29. The van der Waals surface area contributed by atoms with E-state index < -0.39 is 30.1 Å². The summed E-state index contributed by atoms with van der Waals surface area (Å²) in [7, 11) is 0. The third kappa shape index (κ3) is 3.94. The molecule has 1 aliphatic rings. The number of halogens is 1. The lowest BCUT2D eigenvalue weighted by Gasteiger charge is -2.34. The molecule has 0 saturated carbocycles. The molecule has 0 bridgehead atoms. The van der Waals surface area contributed by atoms with Crippen molar-refractivity contribution in [3.05, 3.63) is 17.3 Å². The molecule has 2 rings (SSSR count). The van der Waals surface area contributed by atoms with Gasteiger partial charge in [-0.05, 0) is 32.9 Å². The van der Waals surface area contributed by atoms with E-state index in [0.29, 0.717) is 5.69 Å². The largest absolute Gasteiger partial charge is 0.466 e. The van der Waals surface area contributed by atoms with Crippen molar-refractivity contribution in [1.29, 1.82) is 0 Å². The first kappa shape index (κ1) is 18.0. The number of rotatable bonds is 4. The number of carbonyl (C=O) groups is 3. The quantitative estimate of drug-likeness (QED) is 0.657. The summed E-state index contributed by atoms with van der Waals surface area (Å²) in [6.45, 7) is 5.17. The Bertz CT molecular complexity index is 665. The van der Waals surface area contributed by atoms with Crippen LogP contribution in [-0.4, -0.2) is 41.7 Å². The van der Waals surface area contributed by atoms with Gasteiger partial charge in [0.2, 0.25) is 5.91 Å². The Morgan fingerprint density at radius 3 is 2.75 bits per heavy atom. The summed E-state index contributed by atoms with van der Waals surface area (Å²) in [4.78, 5) is 41.7. The van der Waals surface area contributed by atoms with Gasteiger partial charge in [-0.2, -0.15) is 0 Å². The lowest BCUT2D eigenvalue weighted by atomic mass is 10.1. The molecule has 0 fully saturated rings. The van der Waals surface area contributed by atoms with Crippen LogP contribution in [-0.2, 0) is 19.1 Å². The molecular formula is C15H18ClN3O5. The van der Waals surface area contributed by atoms with Gasteiger partial charge in [0.25, 0.3) is 0 Å². The van der Waals surface area contributed by atoms with E-state index in [2.05, 4.69) is 10.3 Å². The van der Waals surface area contributed by atoms with Crippen LogP contribution in [0.2, 0.25) is 5.15 Å². The number of anilines is 2. The average Bonchev–Trinajstić information content (AvgIpc) is 2.48. The molecule has 1 aromatic heterocycles. The van der Waals surface area contributed by atoms with Crippen molar-refractivity contribution in [2.45, 2.75) is 39.3 Å². The number of pyridine rings is 1. The third-order valence-corrected chi connectivity index (χ3v) is 3.35. The molecular weight excluding hydrogens is 338 g/mol. The number of nitrogens with one attached hydrogen (secondary N) is 1. The van der Waals surface area contributed by atoms with Crippen molar-refractivity contribution in [3.8, 4) is 0 Å². The van der Waals surface area contributed by atoms with Gasteiger partial charge in [-0.1, -0.05) is 11.6 Å². The van der Waals surface area contributed by atoms with Gasteiger partial charge in [0.15, 0.2) is 5.82 Å². The summed E-state index contributed by atoms with van der Waals surface area (Å²) < 4.78 is 10.0. The molecule has 2 heterocycles. The molecule has 130 valence electrons. The smallest absolute Gasteiger partial charge is 0.416 e. The van der Waals surface area contributed by atoms with Crippen LogP contribution >= 0.6 is 11.6 Å². The zero-order chi connectivity index (χ0) is 17.9. The lowest BCUT2D eigenvalue weighted by molar-refractivity contribution is -0.144.